The SMILES string of the molecule is CC(C)C(NC(=O)c1ccccc1)c1nc(SCC(=O)Nc2ccc(I)cc2)n[nH]1. The average Bonchev–Trinajstić information content (AvgIpc) is 3.21. The van der Waals surface area contributed by atoms with Gasteiger partial charge in [0.25, 0.3) is 5.91 Å². The van der Waals surface area contributed by atoms with Crippen LogP contribution in [0.2, 0.25) is 0 Å². The number of aromatic nitrogens is 3. The maximum atomic E-state index is 12.5. The van der Waals surface area contributed by atoms with Gasteiger partial charge in [0.05, 0.1) is 11.8 Å². The summed E-state index contributed by atoms with van der Waals surface area (Å²) < 4.78 is 1.10. The van der Waals surface area contributed by atoms with E-state index in [1.54, 1.807) is 12.1 Å². The number of nitrogens with one attached hydrogen (secondary N) is 3. The molecule has 3 N–H and O–H groups in total. The van der Waals surface area contributed by atoms with Gasteiger partial charge in [-0.15, -0.1) is 5.10 Å². The minimum atomic E-state index is -0.319. The fourth-order valence-corrected chi connectivity index (χ4v) is 3.65. The molecule has 156 valence electrons. The molecule has 0 spiro atoms. The zero-order valence-corrected chi connectivity index (χ0v) is 19.5. The van der Waals surface area contributed by atoms with Crippen molar-refractivity contribution >= 4 is 51.9 Å². The molecule has 0 radical (unpaired) electrons. The lowest BCUT2D eigenvalue weighted by atomic mass is 10.0. The molecule has 0 fully saturated rings. The van der Waals surface area contributed by atoms with Crippen LogP contribution in [0.25, 0.3) is 0 Å². The lowest BCUT2D eigenvalue weighted by molar-refractivity contribution is -0.113. The lowest BCUT2D eigenvalue weighted by Gasteiger charge is -2.19. The maximum absolute atomic E-state index is 12.5. The Morgan fingerprint density at radius 3 is 2.47 bits per heavy atom. The first-order chi connectivity index (χ1) is 14.4. The second kappa shape index (κ2) is 10.6. The Bertz CT molecular complexity index is 992. The van der Waals surface area contributed by atoms with E-state index in [9.17, 15) is 9.59 Å². The van der Waals surface area contributed by atoms with Crippen molar-refractivity contribution in [2.24, 2.45) is 5.92 Å². The topological polar surface area (TPSA) is 99.8 Å². The van der Waals surface area contributed by atoms with Gasteiger partial charge in [0, 0.05) is 14.8 Å². The van der Waals surface area contributed by atoms with Crippen LogP contribution >= 0.6 is 34.4 Å². The van der Waals surface area contributed by atoms with Crippen molar-refractivity contribution in [3.05, 3.63) is 69.6 Å². The standard InChI is InChI=1S/C21H22IN5O2S/c1-13(2)18(24-20(29)14-6-4-3-5-7-14)19-25-21(27-26-19)30-12-17(28)23-16-10-8-15(22)9-11-16/h3-11,13,18H,12H2,1-2H3,(H,23,28)(H,24,29)(H,25,26,27). The summed E-state index contributed by atoms with van der Waals surface area (Å²) in [6.07, 6.45) is 0. The molecule has 0 saturated heterocycles. The third-order valence-corrected chi connectivity index (χ3v) is 5.79. The van der Waals surface area contributed by atoms with E-state index in [1.165, 1.54) is 11.8 Å². The summed E-state index contributed by atoms with van der Waals surface area (Å²) in [7, 11) is 0. The largest absolute Gasteiger partial charge is 0.342 e. The number of hydrogen-bond acceptors (Lipinski definition) is 5. The zero-order chi connectivity index (χ0) is 21.5. The number of benzene rings is 2. The number of nitrogens with zero attached hydrogens (tertiary/aromatic N) is 2. The number of carbonyl (C=O) groups is 2. The Kier molecular flexibility index (Phi) is 7.86. The molecule has 3 aromatic rings. The maximum Gasteiger partial charge on any atom is 0.251 e. The van der Waals surface area contributed by atoms with Gasteiger partial charge in [-0.05, 0) is 64.9 Å². The van der Waals surface area contributed by atoms with E-state index in [0.29, 0.717) is 16.5 Å². The van der Waals surface area contributed by atoms with Crippen LogP contribution < -0.4 is 10.6 Å². The van der Waals surface area contributed by atoms with Crippen molar-refractivity contribution in [1.29, 1.82) is 0 Å². The van der Waals surface area contributed by atoms with Gasteiger partial charge in [-0.1, -0.05) is 43.8 Å². The Morgan fingerprint density at radius 2 is 1.80 bits per heavy atom. The Hall–Kier alpha value is -2.40. The van der Waals surface area contributed by atoms with Gasteiger partial charge in [-0.2, -0.15) is 0 Å². The van der Waals surface area contributed by atoms with Crippen LogP contribution in [-0.4, -0.2) is 32.7 Å². The molecule has 1 heterocycles. The second-order valence-electron chi connectivity index (χ2n) is 6.91. The lowest BCUT2D eigenvalue weighted by Crippen LogP contribution is -2.32. The van der Waals surface area contributed by atoms with Crippen LogP contribution in [-0.2, 0) is 4.79 Å². The minimum Gasteiger partial charge on any atom is -0.342 e. The highest BCUT2D eigenvalue weighted by Crippen LogP contribution is 2.22. The molecule has 3 rings (SSSR count). The minimum absolute atomic E-state index is 0.104. The molecule has 0 saturated carbocycles. The molecule has 30 heavy (non-hydrogen) atoms. The van der Waals surface area contributed by atoms with Gasteiger partial charge in [-0.3, -0.25) is 14.7 Å². The molecule has 1 aromatic heterocycles. The molecular weight excluding hydrogens is 513 g/mol. The fraction of sp³-hybridized carbons (Fsp3) is 0.238. The highest BCUT2D eigenvalue weighted by Gasteiger charge is 2.23. The molecule has 0 aliphatic carbocycles. The van der Waals surface area contributed by atoms with Crippen molar-refractivity contribution in [2.75, 3.05) is 11.1 Å². The van der Waals surface area contributed by atoms with E-state index in [2.05, 4.69) is 48.4 Å². The second-order valence-corrected chi connectivity index (χ2v) is 9.10. The van der Waals surface area contributed by atoms with Crippen LogP contribution in [0, 0.1) is 9.49 Å². The van der Waals surface area contributed by atoms with Crippen molar-refractivity contribution in [2.45, 2.75) is 25.0 Å². The normalized spacial score (nSPS) is 11.9. The molecule has 2 amide bonds. The first-order valence-corrected chi connectivity index (χ1v) is 11.4. The molecule has 0 aliphatic rings. The summed E-state index contributed by atoms with van der Waals surface area (Å²) >= 11 is 3.45. The number of anilines is 1. The Balaban J connectivity index is 1.58. The number of halogens is 1. The van der Waals surface area contributed by atoms with E-state index >= 15 is 0 Å². The smallest absolute Gasteiger partial charge is 0.251 e. The van der Waals surface area contributed by atoms with Crippen LogP contribution in [0.15, 0.2) is 59.8 Å². The summed E-state index contributed by atoms with van der Waals surface area (Å²) in [6, 6.07) is 16.3. The Labute approximate surface area is 193 Å². The number of rotatable bonds is 8. The molecule has 7 nitrogen and oxygen atoms in total. The van der Waals surface area contributed by atoms with Crippen molar-refractivity contribution < 1.29 is 9.59 Å². The highest BCUT2D eigenvalue weighted by atomic mass is 127. The van der Waals surface area contributed by atoms with E-state index in [-0.39, 0.29) is 29.5 Å². The average molecular weight is 535 g/mol. The van der Waals surface area contributed by atoms with E-state index < -0.39 is 0 Å². The van der Waals surface area contributed by atoms with Gasteiger partial charge >= 0.3 is 0 Å². The highest BCUT2D eigenvalue weighted by molar-refractivity contribution is 14.1. The predicted molar refractivity (Wildman–Crippen MR) is 126 cm³/mol. The zero-order valence-electron chi connectivity index (χ0n) is 16.6. The first kappa shape index (κ1) is 22.3. The molecule has 2 aromatic carbocycles. The fourth-order valence-electron chi connectivity index (χ4n) is 2.69. The van der Waals surface area contributed by atoms with Gasteiger partial charge < -0.3 is 10.6 Å². The number of thioether (sulfide) groups is 1. The van der Waals surface area contributed by atoms with Crippen molar-refractivity contribution in [3.63, 3.8) is 0 Å². The molecule has 9 heteroatoms. The van der Waals surface area contributed by atoms with Crippen LogP contribution in [0.1, 0.15) is 36.1 Å². The van der Waals surface area contributed by atoms with Gasteiger partial charge in [-0.25, -0.2) is 4.98 Å². The third kappa shape index (κ3) is 6.30. The van der Waals surface area contributed by atoms with Crippen LogP contribution in [0.3, 0.4) is 0 Å². The van der Waals surface area contributed by atoms with E-state index in [4.69, 9.17) is 0 Å². The van der Waals surface area contributed by atoms with E-state index in [0.717, 1.165) is 9.26 Å². The number of hydrogen-bond donors (Lipinski definition) is 3. The summed E-state index contributed by atoms with van der Waals surface area (Å²) in [5.41, 5.74) is 1.34. The first-order valence-electron chi connectivity index (χ1n) is 9.39. The summed E-state index contributed by atoms with van der Waals surface area (Å²) in [5.74, 6) is 0.552. The van der Waals surface area contributed by atoms with E-state index in [1.807, 2.05) is 56.3 Å². The number of H-pyrrole nitrogens is 1. The number of amides is 2. The van der Waals surface area contributed by atoms with Crippen LogP contribution in [0.4, 0.5) is 5.69 Å². The monoisotopic (exact) mass is 535 g/mol. The summed E-state index contributed by atoms with van der Waals surface area (Å²) in [6.45, 7) is 4.00. The molecule has 1 unspecified atom stereocenters. The van der Waals surface area contributed by atoms with Crippen molar-refractivity contribution in [1.82, 2.24) is 20.5 Å². The molecular formula is C21H22IN5O2S. The number of aromatic amines is 1. The van der Waals surface area contributed by atoms with Gasteiger partial charge in [0.2, 0.25) is 11.1 Å². The predicted octanol–water partition coefficient (Wildman–Crippen LogP) is 4.27. The quantitative estimate of drug-likeness (QED) is 0.296. The van der Waals surface area contributed by atoms with Crippen molar-refractivity contribution in [3.8, 4) is 0 Å². The summed E-state index contributed by atoms with van der Waals surface area (Å²) in [5, 5.41) is 13.4. The summed E-state index contributed by atoms with van der Waals surface area (Å²) in [4.78, 5) is 29.2. The molecule has 1 atom stereocenters. The third-order valence-electron chi connectivity index (χ3n) is 4.23. The van der Waals surface area contributed by atoms with Gasteiger partial charge in [0.1, 0.15) is 5.82 Å². The van der Waals surface area contributed by atoms with Gasteiger partial charge in [0.15, 0.2) is 0 Å². The van der Waals surface area contributed by atoms with Crippen LogP contribution in [0.5, 0.6) is 0 Å². The number of carbonyl (C=O) groups excluding carboxylic acids is 2. The molecule has 0 aliphatic heterocycles. The molecule has 0 bridgehead atoms. The Morgan fingerprint density at radius 1 is 1.10 bits per heavy atom.